The number of aromatic nitrogens is 3. The number of benzene rings is 6. The maximum Gasteiger partial charge on any atom is 0.0972 e. The Hall–Kier alpha value is -6.19. The van der Waals surface area contributed by atoms with Crippen LogP contribution >= 0.6 is 0 Å². The number of hydrogen-bond acceptors (Lipinski definition) is 3. The van der Waals surface area contributed by atoms with Crippen LogP contribution in [-0.2, 0) is 5.41 Å². The van der Waals surface area contributed by atoms with Crippen LogP contribution in [0.4, 0.5) is 0 Å². The van der Waals surface area contributed by atoms with Gasteiger partial charge in [0.15, 0.2) is 0 Å². The average molecular weight is 626 g/mol. The molecule has 1 aliphatic carbocycles. The fourth-order valence-corrected chi connectivity index (χ4v) is 8.04. The largest absolute Gasteiger partial charge is 0.254 e. The highest BCUT2D eigenvalue weighted by molar-refractivity contribution is 6.16. The molecule has 0 spiro atoms. The summed E-state index contributed by atoms with van der Waals surface area (Å²) in [4.78, 5) is 15.0. The van der Waals surface area contributed by atoms with Crippen molar-refractivity contribution >= 4 is 43.5 Å². The van der Waals surface area contributed by atoms with Crippen molar-refractivity contribution in [3.8, 4) is 44.8 Å². The Morgan fingerprint density at radius 3 is 1.94 bits per heavy atom. The zero-order valence-corrected chi connectivity index (χ0v) is 27.3. The lowest BCUT2D eigenvalue weighted by atomic mass is 9.78. The Morgan fingerprint density at radius 2 is 1.12 bits per heavy atom. The Balaban J connectivity index is 1.08. The highest BCUT2D eigenvalue weighted by Gasteiger charge is 2.39. The molecular formula is C46H31N3. The summed E-state index contributed by atoms with van der Waals surface area (Å²) < 4.78 is 0. The molecule has 0 aliphatic heterocycles. The minimum absolute atomic E-state index is 0.187. The summed E-state index contributed by atoms with van der Waals surface area (Å²) in [6, 6.07) is 52.2. The lowest BCUT2D eigenvalue weighted by molar-refractivity contribution is 0.662. The summed E-state index contributed by atoms with van der Waals surface area (Å²) in [6.07, 6.45) is 1.84. The summed E-state index contributed by atoms with van der Waals surface area (Å²) in [5, 5.41) is 5.89. The van der Waals surface area contributed by atoms with Gasteiger partial charge >= 0.3 is 0 Å². The fourth-order valence-electron chi connectivity index (χ4n) is 8.04. The molecule has 3 nitrogen and oxygen atoms in total. The van der Waals surface area contributed by atoms with Crippen LogP contribution in [0.25, 0.3) is 88.2 Å². The monoisotopic (exact) mass is 625 g/mol. The number of fused-ring (bicyclic) bond motifs is 9. The second-order valence-corrected chi connectivity index (χ2v) is 13.6. The molecular weight excluding hydrogens is 595 g/mol. The zero-order chi connectivity index (χ0) is 32.7. The fraction of sp³-hybridized carbons (Fsp3) is 0.0652. The first-order chi connectivity index (χ1) is 24.0. The van der Waals surface area contributed by atoms with E-state index < -0.39 is 0 Å². The first kappa shape index (κ1) is 27.9. The van der Waals surface area contributed by atoms with Gasteiger partial charge in [0.1, 0.15) is 0 Å². The lowest BCUT2D eigenvalue weighted by Gasteiger charge is -2.25. The van der Waals surface area contributed by atoms with E-state index >= 15 is 0 Å². The molecule has 49 heavy (non-hydrogen) atoms. The van der Waals surface area contributed by atoms with Crippen molar-refractivity contribution in [2.75, 3.05) is 0 Å². The van der Waals surface area contributed by atoms with Crippen molar-refractivity contribution < 1.29 is 0 Å². The molecule has 230 valence electrons. The second-order valence-electron chi connectivity index (χ2n) is 13.6. The molecule has 0 saturated heterocycles. The highest BCUT2D eigenvalue weighted by atomic mass is 14.8. The van der Waals surface area contributed by atoms with Crippen LogP contribution in [0.5, 0.6) is 0 Å². The molecule has 3 heterocycles. The van der Waals surface area contributed by atoms with Gasteiger partial charge in [0, 0.05) is 38.9 Å². The van der Waals surface area contributed by atoms with E-state index in [2.05, 4.69) is 158 Å². The number of pyridine rings is 3. The van der Waals surface area contributed by atoms with E-state index in [0.29, 0.717) is 0 Å². The van der Waals surface area contributed by atoms with E-state index in [-0.39, 0.29) is 5.41 Å². The maximum atomic E-state index is 5.35. The Morgan fingerprint density at radius 1 is 0.490 bits per heavy atom. The number of hydrogen-bond donors (Lipinski definition) is 0. The van der Waals surface area contributed by atoms with E-state index in [9.17, 15) is 0 Å². The Bertz CT molecular complexity index is 2780. The molecule has 6 aromatic carbocycles. The highest BCUT2D eigenvalue weighted by Crippen LogP contribution is 2.54. The molecule has 0 bridgehead atoms. The summed E-state index contributed by atoms with van der Waals surface area (Å²) in [6.45, 7) is 4.69. The maximum absolute atomic E-state index is 5.35. The van der Waals surface area contributed by atoms with E-state index in [0.717, 1.165) is 44.3 Å². The molecule has 3 aromatic heterocycles. The van der Waals surface area contributed by atoms with Crippen molar-refractivity contribution in [1.29, 1.82) is 0 Å². The van der Waals surface area contributed by atoms with E-state index in [1.807, 2.05) is 12.3 Å². The summed E-state index contributed by atoms with van der Waals surface area (Å²) in [7, 11) is 0. The number of rotatable bonds is 3. The van der Waals surface area contributed by atoms with Crippen LogP contribution in [0, 0.1) is 0 Å². The van der Waals surface area contributed by atoms with E-state index in [4.69, 9.17) is 9.97 Å². The van der Waals surface area contributed by atoms with Gasteiger partial charge in [0.25, 0.3) is 0 Å². The van der Waals surface area contributed by atoms with Crippen molar-refractivity contribution in [3.05, 3.63) is 163 Å². The summed E-state index contributed by atoms with van der Waals surface area (Å²) >= 11 is 0. The van der Waals surface area contributed by atoms with Crippen LogP contribution < -0.4 is 0 Å². The quantitative estimate of drug-likeness (QED) is 0.183. The SMILES string of the molecule is CC1(C)c2ccccc2-c2nc3ccc4ccccc4c3c(-c3ccc(-c4ccc(-c5ccc6ccc7cccnc7c6n5)cc4)cc3)c21. The minimum Gasteiger partial charge on any atom is -0.254 e. The smallest absolute Gasteiger partial charge is 0.0972 e. The number of nitrogens with zero attached hydrogens (tertiary/aromatic N) is 3. The molecule has 0 fully saturated rings. The normalized spacial score (nSPS) is 13.3. The molecule has 1 aliphatic rings. The molecule has 9 aromatic rings. The molecule has 0 amide bonds. The molecule has 0 unspecified atom stereocenters. The predicted octanol–water partition coefficient (Wildman–Crippen LogP) is 11.8. The van der Waals surface area contributed by atoms with Crippen molar-refractivity contribution in [1.82, 2.24) is 15.0 Å². The van der Waals surface area contributed by atoms with Crippen LogP contribution in [0.1, 0.15) is 25.0 Å². The van der Waals surface area contributed by atoms with Crippen molar-refractivity contribution in [2.45, 2.75) is 19.3 Å². The topological polar surface area (TPSA) is 38.7 Å². The third-order valence-corrected chi connectivity index (χ3v) is 10.5. The van der Waals surface area contributed by atoms with E-state index in [1.54, 1.807) is 0 Å². The minimum atomic E-state index is -0.187. The van der Waals surface area contributed by atoms with Crippen LogP contribution in [0.3, 0.4) is 0 Å². The van der Waals surface area contributed by atoms with Gasteiger partial charge in [-0.3, -0.25) is 4.98 Å². The van der Waals surface area contributed by atoms with Gasteiger partial charge in [-0.2, -0.15) is 0 Å². The van der Waals surface area contributed by atoms with Gasteiger partial charge in [-0.15, -0.1) is 0 Å². The van der Waals surface area contributed by atoms with Gasteiger partial charge in [0.05, 0.1) is 27.9 Å². The predicted molar refractivity (Wildman–Crippen MR) is 204 cm³/mol. The van der Waals surface area contributed by atoms with Gasteiger partial charge < -0.3 is 0 Å². The third-order valence-electron chi connectivity index (χ3n) is 10.5. The van der Waals surface area contributed by atoms with Crippen LogP contribution in [0.2, 0.25) is 0 Å². The van der Waals surface area contributed by atoms with Gasteiger partial charge in [-0.05, 0) is 62.4 Å². The molecule has 0 saturated carbocycles. The third kappa shape index (κ3) is 4.19. The molecule has 10 rings (SSSR count). The Labute approximate surface area is 284 Å². The van der Waals surface area contributed by atoms with Crippen molar-refractivity contribution in [3.63, 3.8) is 0 Å². The lowest BCUT2D eigenvalue weighted by Crippen LogP contribution is -2.16. The van der Waals surface area contributed by atoms with Crippen LogP contribution in [0.15, 0.2) is 152 Å². The van der Waals surface area contributed by atoms with Crippen molar-refractivity contribution in [2.24, 2.45) is 0 Å². The van der Waals surface area contributed by atoms with Crippen LogP contribution in [-0.4, -0.2) is 15.0 Å². The van der Waals surface area contributed by atoms with Gasteiger partial charge in [-0.25, -0.2) is 9.97 Å². The first-order valence-electron chi connectivity index (χ1n) is 16.9. The van der Waals surface area contributed by atoms with Gasteiger partial charge in [-0.1, -0.05) is 141 Å². The first-order valence-corrected chi connectivity index (χ1v) is 16.9. The molecule has 3 heteroatoms. The molecule has 0 N–H and O–H groups in total. The second kappa shape index (κ2) is 10.4. The molecule has 0 atom stereocenters. The average Bonchev–Trinajstić information content (AvgIpc) is 3.39. The molecule has 0 radical (unpaired) electrons. The summed E-state index contributed by atoms with van der Waals surface area (Å²) in [5.74, 6) is 0. The van der Waals surface area contributed by atoms with E-state index in [1.165, 1.54) is 55.1 Å². The Kier molecular flexibility index (Phi) is 5.92. The zero-order valence-electron chi connectivity index (χ0n) is 27.3. The van der Waals surface area contributed by atoms with Gasteiger partial charge in [0.2, 0.25) is 0 Å². The standard InChI is InChI=1S/C46H31N3/c1-46(2)37-12-6-5-11-36(37)45-42(46)40(41-35-10-4-3-8-30(35)23-26-39(41)49-45)32-19-15-29(16-20-32)28-13-17-31(18-14-28)38-25-24-34-22-21-33-9-7-27-47-43(33)44(34)48-38/h3-27H,1-2H3. The summed E-state index contributed by atoms with van der Waals surface area (Å²) in [5.41, 5.74) is 14.6.